The van der Waals surface area contributed by atoms with E-state index in [9.17, 15) is 4.79 Å². The highest BCUT2D eigenvalue weighted by Crippen LogP contribution is 2.05. The first-order valence-electron chi connectivity index (χ1n) is 6.97. The van der Waals surface area contributed by atoms with Crippen LogP contribution in [0.1, 0.15) is 12.8 Å². The van der Waals surface area contributed by atoms with Crippen molar-refractivity contribution in [2.75, 3.05) is 19.6 Å². The highest BCUT2D eigenvalue weighted by molar-refractivity contribution is 5.76. The summed E-state index contributed by atoms with van der Waals surface area (Å²) in [6, 6.07) is 7.39. The number of nitrogens with zero attached hydrogens (tertiary/aromatic N) is 3. The third kappa shape index (κ3) is 2.73. The van der Waals surface area contributed by atoms with E-state index in [1.165, 1.54) is 12.8 Å². The van der Waals surface area contributed by atoms with E-state index in [4.69, 9.17) is 0 Å². The van der Waals surface area contributed by atoms with Gasteiger partial charge in [-0.1, -0.05) is 24.0 Å². The molecule has 1 fully saturated rings. The van der Waals surface area contributed by atoms with Gasteiger partial charge in [-0.15, -0.1) is 0 Å². The van der Waals surface area contributed by atoms with E-state index < -0.39 is 0 Å². The van der Waals surface area contributed by atoms with Crippen molar-refractivity contribution in [3.8, 4) is 11.8 Å². The second-order valence-corrected chi connectivity index (χ2v) is 5.03. The summed E-state index contributed by atoms with van der Waals surface area (Å²) in [5.41, 5.74) is 0.713. The van der Waals surface area contributed by atoms with Crippen LogP contribution in [0.3, 0.4) is 0 Å². The molecule has 0 spiro atoms. The molecule has 2 heterocycles. The van der Waals surface area contributed by atoms with Crippen LogP contribution in [0.2, 0.25) is 0 Å². The number of fused-ring (bicyclic) bond motifs is 1. The molecule has 1 aliphatic heterocycles. The molecule has 2 aromatic rings. The number of likely N-dealkylation sites (tertiary alicyclic amines) is 1. The predicted molar refractivity (Wildman–Crippen MR) is 79.5 cm³/mol. The molecule has 0 unspecified atom stereocenters. The molecule has 1 saturated heterocycles. The van der Waals surface area contributed by atoms with Gasteiger partial charge in [-0.05, 0) is 38.1 Å². The molecule has 1 aliphatic rings. The average molecular weight is 267 g/mol. The molecule has 4 nitrogen and oxygen atoms in total. The van der Waals surface area contributed by atoms with Gasteiger partial charge < -0.3 is 0 Å². The molecule has 1 aromatic carbocycles. The molecule has 3 rings (SSSR count). The Morgan fingerprint density at radius 2 is 1.85 bits per heavy atom. The molecule has 0 radical (unpaired) electrons. The summed E-state index contributed by atoms with van der Waals surface area (Å²) < 4.78 is 1.57. The maximum absolute atomic E-state index is 12.2. The Morgan fingerprint density at radius 3 is 2.70 bits per heavy atom. The lowest BCUT2D eigenvalue weighted by atomic mass is 10.2. The van der Waals surface area contributed by atoms with Crippen molar-refractivity contribution in [2.24, 2.45) is 0 Å². The predicted octanol–water partition coefficient (Wildman–Crippen LogP) is 1.50. The first-order chi connectivity index (χ1) is 9.84. The zero-order valence-electron chi connectivity index (χ0n) is 11.4. The summed E-state index contributed by atoms with van der Waals surface area (Å²) in [5, 5.41) is 0.649. The fraction of sp³-hybridized carbons (Fsp3) is 0.375. The lowest BCUT2D eigenvalue weighted by Gasteiger charge is -2.08. The molecule has 1 aromatic heterocycles. The number of para-hydroxylation sites is 1. The van der Waals surface area contributed by atoms with Gasteiger partial charge in [0.05, 0.1) is 30.3 Å². The maximum atomic E-state index is 12.2. The molecular weight excluding hydrogens is 250 g/mol. The molecule has 0 N–H and O–H groups in total. The quantitative estimate of drug-likeness (QED) is 0.774. The Kier molecular flexibility index (Phi) is 3.80. The summed E-state index contributed by atoms with van der Waals surface area (Å²) in [6.45, 7) is 3.50. The minimum atomic E-state index is -0.0222. The Labute approximate surface area is 118 Å². The molecule has 20 heavy (non-hydrogen) atoms. The number of aromatic nitrogens is 2. The lowest BCUT2D eigenvalue weighted by molar-refractivity contribution is 0.383. The van der Waals surface area contributed by atoms with Crippen LogP contribution in [0.15, 0.2) is 35.4 Å². The Bertz CT molecular complexity index is 718. The smallest absolute Gasteiger partial charge is 0.262 e. The first-order valence-corrected chi connectivity index (χ1v) is 6.97. The van der Waals surface area contributed by atoms with Gasteiger partial charge in [0.1, 0.15) is 0 Å². The lowest BCUT2D eigenvalue weighted by Crippen LogP contribution is -2.21. The van der Waals surface area contributed by atoms with Crippen LogP contribution in [-0.2, 0) is 6.54 Å². The number of hydrogen-bond donors (Lipinski definition) is 0. The topological polar surface area (TPSA) is 38.1 Å². The molecule has 0 aliphatic carbocycles. The largest absolute Gasteiger partial charge is 0.292 e. The van der Waals surface area contributed by atoms with Crippen molar-refractivity contribution < 1.29 is 0 Å². The summed E-state index contributed by atoms with van der Waals surface area (Å²) in [7, 11) is 0. The number of benzene rings is 1. The van der Waals surface area contributed by atoms with Crippen LogP contribution < -0.4 is 5.56 Å². The third-order valence-corrected chi connectivity index (χ3v) is 3.61. The normalized spacial score (nSPS) is 15.2. The van der Waals surface area contributed by atoms with Gasteiger partial charge in [0, 0.05) is 0 Å². The number of hydrogen-bond acceptors (Lipinski definition) is 3. The molecule has 0 bridgehead atoms. The molecule has 0 amide bonds. The molecule has 0 saturated carbocycles. The third-order valence-electron chi connectivity index (χ3n) is 3.61. The van der Waals surface area contributed by atoms with Crippen LogP contribution in [-0.4, -0.2) is 34.1 Å². The molecular formula is C16H17N3O. The minimum absolute atomic E-state index is 0.0222. The van der Waals surface area contributed by atoms with Gasteiger partial charge >= 0.3 is 0 Å². The average Bonchev–Trinajstić information content (AvgIpc) is 2.99. The zero-order valence-corrected chi connectivity index (χ0v) is 11.4. The van der Waals surface area contributed by atoms with Crippen LogP contribution >= 0.6 is 0 Å². The monoisotopic (exact) mass is 267 g/mol. The van der Waals surface area contributed by atoms with Crippen molar-refractivity contribution in [2.45, 2.75) is 19.4 Å². The van der Waals surface area contributed by atoms with Crippen LogP contribution in [0.5, 0.6) is 0 Å². The molecule has 0 atom stereocenters. The van der Waals surface area contributed by atoms with Crippen LogP contribution in [0.4, 0.5) is 0 Å². The second kappa shape index (κ2) is 5.89. The van der Waals surface area contributed by atoms with Gasteiger partial charge in [-0.25, -0.2) is 4.98 Å². The molecule has 102 valence electrons. The van der Waals surface area contributed by atoms with Gasteiger partial charge in [0.25, 0.3) is 5.56 Å². The van der Waals surface area contributed by atoms with Crippen molar-refractivity contribution in [3.05, 3.63) is 40.9 Å². The van der Waals surface area contributed by atoms with Gasteiger partial charge in [-0.2, -0.15) is 0 Å². The standard InChI is InChI=1S/C16H17N3O/c20-16-14-7-1-2-8-15(14)17-13-19(16)12-6-5-11-18-9-3-4-10-18/h1-2,7-8,13H,3-4,9-12H2. The second-order valence-electron chi connectivity index (χ2n) is 5.03. The van der Waals surface area contributed by atoms with E-state index in [1.54, 1.807) is 17.0 Å². The van der Waals surface area contributed by atoms with E-state index in [0.717, 1.165) is 25.2 Å². The van der Waals surface area contributed by atoms with Crippen molar-refractivity contribution in [3.63, 3.8) is 0 Å². The fourth-order valence-electron chi connectivity index (χ4n) is 2.47. The maximum Gasteiger partial charge on any atom is 0.262 e. The Hall–Kier alpha value is -2.12. The van der Waals surface area contributed by atoms with E-state index in [2.05, 4.69) is 21.7 Å². The van der Waals surface area contributed by atoms with Crippen molar-refractivity contribution >= 4 is 10.9 Å². The fourth-order valence-corrected chi connectivity index (χ4v) is 2.47. The van der Waals surface area contributed by atoms with E-state index in [-0.39, 0.29) is 5.56 Å². The SMILES string of the molecule is O=c1c2ccccc2ncn1CC#CCN1CCCC1. The molecule has 4 heteroatoms. The Morgan fingerprint density at radius 1 is 1.10 bits per heavy atom. The van der Waals surface area contributed by atoms with Crippen LogP contribution in [0.25, 0.3) is 10.9 Å². The van der Waals surface area contributed by atoms with E-state index >= 15 is 0 Å². The van der Waals surface area contributed by atoms with E-state index in [0.29, 0.717) is 11.9 Å². The summed E-state index contributed by atoms with van der Waals surface area (Å²) in [5.74, 6) is 6.20. The van der Waals surface area contributed by atoms with Gasteiger partial charge in [-0.3, -0.25) is 14.3 Å². The number of rotatable bonds is 2. The van der Waals surface area contributed by atoms with Gasteiger partial charge in [0.2, 0.25) is 0 Å². The van der Waals surface area contributed by atoms with E-state index in [1.807, 2.05) is 18.2 Å². The Balaban J connectivity index is 1.73. The van der Waals surface area contributed by atoms with Crippen molar-refractivity contribution in [1.29, 1.82) is 0 Å². The summed E-state index contributed by atoms with van der Waals surface area (Å²) >= 11 is 0. The van der Waals surface area contributed by atoms with Gasteiger partial charge in [0.15, 0.2) is 0 Å². The minimum Gasteiger partial charge on any atom is -0.292 e. The first kappa shape index (κ1) is 12.9. The highest BCUT2D eigenvalue weighted by atomic mass is 16.1. The summed E-state index contributed by atoms with van der Waals surface area (Å²) in [4.78, 5) is 18.8. The van der Waals surface area contributed by atoms with Crippen LogP contribution in [0, 0.1) is 11.8 Å². The van der Waals surface area contributed by atoms with Crippen molar-refractivity contribution in [1.82, 2.24) is 14.5 Å². The zero-order chi connectivity index (χ0) is 13.8. The summed E-state index contributed by atoms with van der Waals surface area (Å²) in [6.07, 6.45) is 4.13. The highest BCUT2D eigenvalue weighted by Gasteiger charge is 2.08.